The molecule has 0 N–H and O–H groups in total. The van der Waals surface area contributed by atoms with Crippen LogP contribution in [0.25, 0.3) is 0 Å². The number of thioether (sulfide) groups is 1. The summed E-state index contributed by atoms with van der Waals surface area (Å²) in [5.41, 5.74) is 6.54. The van der Waals surface area contributed by atoms with Crippen LogP contribution in [0.4, 0.5) is 5.69 Å². The van der Waals surface area contributed by atoms with E-state index in [0.29, 0.717) is 13.1 Å². The maximum atomic E-state index is 13.0. The van der Waals surface area contributed by atoms with E-state index in [1.807, 2.05) is 31.2 Å². The second-order valence-electron chi connectivity index (χ2n) is 7.49. The summed E-state index contributed by atoms with van der Waals surface area (Å²) >= 11 is 1.59. The highest BCUT2D eigenvalue weighted by Crippen LogP contribution is 2.43. The van der Waals surface area contributed by atoms with Gasteiger partial charge in [-0.2, -0.15) is 5.26 Å². The van der Waals surface area contributed by atoms with Gasteiger partial charge in [-0.05, 0) is 55.2 Å². The first-order valence-electron chi connectivity index (χ1n) is 9.44. The van der Waals surface area contributed by atoms with Crippen LogP contribution in [0.15, 0.2) is 53.1 Å². The van der Waals surface area contributed by atoms with E-state index < -0.39 is 0 Å². The number of nitrogens with zero attached hydrogens (tertiary/aromatic N) is 3. The molecule has 0 aromatic heterocycles. The first kappa shape index (κ1) is 18.6. The Morgan fingerprint density at radius 1 is 1.07 bits per heavy atom. The van der Waals surface area contributed by atoms with Crippen molar-refractivity contribution < 1.29 is 4.79 Å². The van der Waals surface area contributed by atoms with Crippen molar-refractivity contribution in [1.82, 2.24) is 4.90 Å². The maximum Gasteiger partial charge on any atom is 0.229 e. The molecule has 0 radical (unpaired) electrons. The molecule has 2 aromatic carbocycles. The fourth-order valence-electron chi connectivity index (χ4n) is 3.89. The van der Waals surface area contributed by atoms with E-state index in [1.54, 1.807) is 16.7 Å². The molecule has 1 atom stereocenters. The molecule has 4 rings (SSSR count). The number of carbonyl (C=O) groups is 1. The number of aryl methyl sites for hydroxylation is 3. The predicted molar refractivity (Wildman–Crippen MR) is 114 cm³/mol. The molecule has 1 unspecified atom stereocenters. The Kier molecular flexibility index (Phi) is 4.91. The van der Waals surface area contributed by atoms with Gasteiger partial charge in [0.1, 0.15) is 0 Å². The highest BCUT2D eigenvalue weighted by molar-refractivity contribution is 8.03. The molecular formula is C23H23N3OS. The molecule has 0 spiro atoms. The SMILES string of the molecule is Cc1ccc(N2CSC3=C(C#N)C(c4ccccc4C)CC(=O)N3C2)cc1C. The van der Waals surface area contributed by atoms with Crippen molar-refractivity contribution >= 4 is 23.4 Å². The van der Waals surface area contributed by atoms with Crippen molar-refractivity contribution in [1.29, 1.82) is 5.26 Å². The number of benzene rings is 2. The molecular weight excluding hydrogens is 366 g/mol. The Morgan fingerprint density at radius 3 is 2.57 bits per heavy atom. The minimum absolute atomic E-state index is 0.0864. The van der Waals surface area contributed by atoms with E-state index in [2.05, 4.69) is 43.0 Å². The lowest BCUT2D eigenvalue weighted by Gasteiger charge is -2.42. The Morgan fingerprint density at radius 2 is 1.86 bits per heavy atom. The standard InChI is InChI=1S/C23H23N3OS/c1-15-8-9-18(10-17(15)3)25-13-26-22(27)11-20(19-7-5-4-6-16(19)2)21(12-24)23(26)28-14-25/h4-10,20H,11,13-14H2,1-3H3. The van der Waals surface area contributed by atoms with Crippen LogP contribution in [-0.4, -0.2) is 23.4 Å². The summed E-state index contributed by atoms with van der Waals surface area (Å²) in [5.74, 6) is 0.668. The van der Waals surface area contributed by atoms with Gasteiger partial charge >= 0.3 is 0 Å². The summed E-state index contributed by atoms with van der Waals surface area (Å²) in [6.45, 7) is 6.74. The maximum absolute atomic E-state index is 13.0. The van der Waals surface area contributed by atoms with Crippen LogP contribution in [-0.2, 0) is 4.79 Å². The van der Waals surface area contributed by atoms with Gasteiger partial charge in [-0.1, -0.05) is 42.1 Å². The Balaban J connectivity index is 1.68. The van der Waals surface area contributed by atoms with Crippen LogP contribution in [0.1, 0.15) is 34.6 Å². The third-order valence-corrected chi connectivity index (χ3v) is 6.87. The van der Waals surface area contributed by atoms with E-state index in [0.717, 1.165) is 33.3 Å². The average molecular weight is 390 g/mol. The van der Waals surface area contributed by atoms with E-state index >= 15 is 0 Å². The highest BCUT2D eigenvalue weighted by atomic mass is 32.2. The van der Waals surface area contributed by atoms with Gasteiger partial charge in [-0.15, -0.1) is 0 Å². The lowest BCUT2D eigenvalue weighted by molar-refractivity contribution is -0.129. The zero-order valence-corrected chi connectivity index (χ0v) is 17.2. The summed E-state index contributed by atoms with van der Waals surface area (Å²) in [5, 5.41) is 10.7. The topological polar surface area (TPSA) is 47.3 Å². The third-order valence-electron chi connectivity index (χ3n) is 5.71. The van der Waals surface area contributed by atoms with Gasteiger partial charge < -0.3 is 4.90 Å². The quantitative estimate of drug-likeness (QED) is 0.738. The van der Waals surface area contributed by atoms with Crippen molar-refractivity contribution in [2.45, 2.75) is 33.1 Å². The average Bonchev–Trinajstić information content (AvgIpc) is 2.70. The Labute approximate surface area is 170 Å². The van der Waals surface area contributed by atoms with E-state index in [1.165, 1.54) is 11.1 Å². The summed E-state index contributed by atoms with van der Waals surface area (Å²) in [4.78, 5) is 17.0. The normalized spacial score (nSPS) is 19.5. The summed E-state index contributed by atoms with van der Waals surface area (Å²) < 4.78 is 0. The first-order chi connectivity index (χ1) is 13.5. The van der Waals surface area contributed by atoms with Gasteiger partial charge in [0, 0.05) is 18.0 Å². The number of anilines is 1. The molecule has 2 aliphatic rings. The number of allylic oxidation sites excluding steroid dienone is 1. The molecule has 0 aliphatic carbocycles. The van der Waals surface area contributed by atoms with Crippen molar-refractivity contribution in [3.8, 4) is 6.07 Å². The minimum atomic E-state index is -0.148. The molecule has 5 heteroatoms. The highest BCUT2D eigenvalue weighted by Gasteiger charge is 2.38. The molecule has 142 valence electrons. The van der Waals surface area contributed by atoms with Gasteiger partial charge in [-0.25, -0.2) is 0 Å². The fourth-order valence-corrected chi connectivity index (χ4v) is 5.06. The monoisotopic (exact) mass is 389 g/mol. The number of fused-ring (bicyclic) bond motifs is 1. The van der Waals surface area contributed by atoms with Gasteiger partial charge in [-0.3, -0.25) is 9.69 Å². The molecule has 2 aromatic rings. The second-order valence-corrected chi connectivity index (χ2v) is 8.42. The lowest BCUT2D eigenvalue weighted by Crippen LogP contribution is -2.47. The van der Waals surface area contributed by atoms with Crippen LogP contribution in [0.3, 0.4) is 0 Å². The zero-order chi connectivity index (χ0) is 19.8. The largest absolute Gasteiger partial charge is 0.344 e. The van der Waals surface area contributed by atoms with E-state index in [4.69, 9.17) is 0 Å². The van der Waals surface area contributed by atoms with Gasteiger partial charge in [0.15, 0.2) is 0 Å². The zero-order valence-electron chi connectivity index (χ0n) is 16.4. The van der Waals surface area contributed by atoms with Crippen LogP contribution in [0, 0.1) is 32.1 Å². The number of rotatable bonds is 2. The van der Waals surface area contributed by atoms with E-state index in [-0.39, 0.29) is 11.8 Å². The Hall–Kier alpha value is -2.71. The van der Waals surface area contributed by atoms with Crippen molar-refractivity contribution in [2.24, 2.45) is 0 Å². The van der Waals surface area contributed by atoms with Gasteiger partial charge in [0.25, 0.3) is 0 Å². The molecule has 0 bridgehead atoms. The molecule has 0 saturated carbocycles. The Bertz CT molecular complexity index is 1020. The number of hydrogen-bond donors (Lipinski definition) is 0. The van der Waals surface area contributed by atoms with Crippen LogP contribution in [0.5, 0.6) is 0 Å². The molecule has 2 aliphatic heterocycles. The molecule has 2 heterocycles. The molecule has 1 saturated heterocycles. The summed E-state index contributed by atoms with van der Waals surface area (Å²) in [6, 6.07) is 16.9. The molecule has 4 nitrogen and oxygen atoms in total. The molecule has 28 heavy (non-hydrogen) atoms. The van der Waals surface area contributed by atoms with Crippen LogP contribution < -0.4 is 4.90 Å². The van der Waals surface area contributed by atoms with Crippen LogP contribution >= 0.6 is 11.8 Å². The number of hydrogen-bond acceptors (Lipinski definition) is 4. The minimum Gasteiger partial charge on any atom is -0.344 e. The number of carbonyl (C=O) groups excluding carboxylic acids is 1. The second kappa shape index (κ2) is 7.37. The van der Waals surface area contributed by atoms with Crippen molar-refractivity contribution in [3.63, 3.8) is 0 Å². The van der Waals surface area contributed by atoms with Crippen molar-refractivity contribution in [3.05, 3.63) is 75.3 Å². The third kappa shape index (κ3) is 3.18. The van der Waals surface area contributed by atoms with E-state index in [9.17, 15) is 10.1 Å². The predicted octanol–water partition coefficient (Wildman–Crippen LogP) is 4.83. The lowest BCUT2D eigenvalue weighted by atomic mass is 9.84. The number of nitriles is 1. The summed E-state index contributed by atoms with van der Waals surface area (Å²) in [6.07, 6.45) is 0.346. The summed E-state index contributed by atoms with van der Waals surface area (Å²) in [7, 11) is 0. The smallest absolute Gasteiger partial charge is 0.229 e. The fraction of sp³-hybridized carbons (Fsp3) is 0.304. The van der Waals surface area contributed by atoms with Gasteiger partial charge in [0.05, 0.1) is 29.2 Å². The van der Waals surface area contributed by atoms with Crippen LogP contribution in [0.2, 0.25) is 0 Å². The van der Waals surface area contributed by atoms with Crippen molar-refractivity contribution in [2.75, 3.05) is 17.4 Å². The first-order valence-corrected chi connectivity index (χ1v) is 10.4. The molecule has 1 fully saturated rings. The number of amides is 1. The van der Waals surface area contributed by atoms with Gasteiger partial charge in [0.2, 0.25) is 5.91 Å². The molecule has 1 amide bonds.